The molecule has 0 aromatic heterocycles. The van der Waals surface area contributed by atoms with Crippen molar-refractivity contribution in [1.29, 1.82) is 0 Å². The molecule has 1 amide bonds. The molecule has 0 atom stereocenters. The summed E-state index contributed by atoms with van der Waals surface area (Å²) in [4.78, 5) is 17.4. The van der Waals surface area contributed by atoms with Crippen molar-refractivity contribution in [3.05, 3.63) is 0 Å². The monoisotopic (exact) mass is 152 g/mol. The third-order valence-electron chi connectivity index (χ3n) is 2.63. The summed E-state index contributed by atoms with van der Waals surface area (Å²) in [5.74, 6) is 0.190. The number of aliphatic imine (C=N–C) groups is 1. The van der Waals surface area contributed by atoms with Gasteiger partial charge in [-0.1, -0.05) is 12.8 Å². The Morgan fingerprint density at radius 1 is 1.55 bits per heavy atom. The molecule has 2 rings (SSSR count). The van der Waals surface area contributed by atoms with Gasteiger partial charge in [0, 0.05) is 7.05 Å². The molecule has 3 heteroatoms. The lowest BCUT2D eigenvalue weighted by Gasteiger charge is -2.17. The number of carbonyl (C=O) groups excluding carboxylic acids is 1. The van der Waals surface area contributed by atoms with Crippen LogP contribution in [0.3, 0.4) is 0 Å². The van der Waals surface area contributed by atoms with Gasteiger partial charge in [-0.05, 0) is 12.8 Å². The highest BCUT2D eigenvalue weighted by atomic mass is 16.2. The van der Waals surface area contributed by atoms with Crippen LogP contribution in [-0.4, -0.2) is 29.7 Å². The molecule has 11 heavy (non-hydrogen) atoms. The van der Waals surface area contributed by atoms with E-state index in [0.717, 1.165) is 25.7 Å². The molecule has 1 saturated carbocycles. The van der Waals surface area contributed by atoms with Gasteiger partial charge in [0.15, 0.2) is 0 Å². The van der Waals surface area contributed by atoms with Crippen LogP contribution in [-0.2, 0) is 4.79 Å². The zero-order chi connectivity index (χ0) is 7.90. The molecule has 0 N–H and O–H groups in total. The van der Waals surface area contributed by atoms with Crippen LogP contribution in [0, 0.1) is 0 Å². The molecule has 0 saturated heterocycles. The maximum Gasteiger partial charge on any atom is 0.255 e. The predicted octanol–water partition coefficient (Wildman–Crippen LogP) is 0.799. The van der Waals surface area contributed by atoms with E-state index in [-0.39, 0.29) is 11.4 Å². The van der Waals surface area contributed by atoms with Crippen LogP contribution < -0.4 is 0 Å². The fourth-order valence-corrected chi connectivity index (χ4v) is 1.94. The van der Waals surface area contributed by atoms with Gasteiger partial charge in [0.2, 0.25) is 0 Å². The van der Waals surface area contributed by atoms with Crippen LogP contribution in [0.15, 0.2) is 4.99 Å². The average Bonchev–Trinajstić information content (AvgIpc) is 2.56. The van der Waals surface area contributed by atoms with Crippen LogP contribution in [0.2, 0.25) is 0 Å². The van der Waals surface area contributed by atoms with Gasteiger partial charge in [-0.15, -0.1) is 0 Å². The normalized spacial score (nSPS) is 27.4. The van der Waals surface area contributed by atoms with E-state index in [4.69, 9.17) is 0 Å². The van der Waals surface area contributed by atoms with Gasteiger partial charge in [0.25, 0.3) is 5.91 Å². The Balaban J connectivity index is 2.27. The Labute approximate surface area is 66.1 Å². The molecule has 60 valence electrons. The summed E-state index contributed by atoms with van der Waals surface area (Å²) in [6.07, 6.45) is 5.86. The lowest BCUT2D eigenvalue weighted by atomic mass is 9.98. The number of hydrogen-bond donors (Lipinski definition) is 0. The van der Waals surface area contributed by atoms with Crippen LogP contribution >= 0.6 is 0 Å². The lowest BCUT2D eigenvalue weighted by Crippen LogP contribution is -2.37. The summed E-state index contributed by atoms with van der Waals surface area (Å²) in [7, 11) is 1.78. The maximum atomic E-state index is 11.5. The summed E-state index contributed by atoms with van der Waals surface area (Å²) in [5, 5.41) is 0. The Bertz CT molecular complexity index is 216. The Hall–Kier alpha value is -0.860. The van der Waals surface area contributed by atoms with Crippen LogP contribution in [0.5, 0.6) is 0 Å². The van der Waals surface area contributed by atoms with E-state index in [1.54, 1.807) is 18.3 Å². The molecule has 0 bridgehead atoms. The Morgan fingerprint density at radius 2 is 2.18 bits per heavy atom. The summed E-state index contributed by atoms with van der Waals surface area (Å²) >= 11 is 0. The Morgan fingerprint density at radius 3 is 2.64 bits per heavy atom. The molecule has 2 aliphatic rings. The first-order valence-electron chi connectivity index (χ1n) is 4.07. The van der Waals surface area contributed by atoms with Gasteiger partial charge in [-0.3, -0.25) is 9.79 Å². The summed E-state index contributed by atoms with van der Waals surface area (Å²) in [5.41, 5.74) is -0.325. The minimum atomic E-state index is -0.325. The molecule has 0 unspecified atom stereocenters. The van der Waals surface area contributed by atoms with Crippen molar-refractivity contribution < 1.29 is 4.79 Å². The van der Waals surface area contributed by atoms with Crippen LogP contribution in [0.25, 0.3) is 0 Å². The molecule has 0 aromatic rings. The van der Waals surface area contributed by atoms with Gasteiger partial charge in [0.05, 0.1) is 6.34 Å². The summed E-state index contributed by atoms with van der Waals surface area (Å²) < 4.78 is 0. The zero-order valence-corrected chi connectivity index (χ0v) is 6.71. The van der Waals surface area contributed by atoms with Crippen molar-refractivity contribution >= 4 is 12.2 Å². The van der Waals surface area contributed by atoms with E-state index in [9.17, 15) is 4.79 Å². The molecule has 1 aliphatic carbocycles. The van der Waals surface area contributed by atoms with Crippen molar-refractivity contribution in [3.63, 3.8) is 0 Å². The topological polar surface area (TPSA) is 32.7 Å². The SMILES string of the molecule is CN1C=NC2(CCCC2)C1=O. The van der Waals surface area contributed by atoms with E-state index in [2.05, 4.69) is 4.99 Å². The van der Waals surface area contributed by atoms with Crippen LogP contribution in [0.4, 0.5) is 0 Å². The number of hydrogen-bond acceptors (Lipinski definition) is 2. The highest BCUT2D eigenvalue weighted by Crippen LogP contribution is 2.36. The van der Waals surface area contributed by atoms with Gasteiger partial charge in [0.1, 0.15) is 5.54 Å². The van der Waals surface area contributed by atoms with Gasteiger partial charge in [-0.25, -0.2) is 0 Å². The lowest BCUT2D eigenvalue weighted by molar-refractivity contribution is -0.129. The van der Waals surface area contributed by atoms with E-state index in [1.807, 2.05) is 0 Å². The van der Waals surface area contributed by atoms with E-state index in [1.165, 1.54) is 0 Å². The third-order valence-corrected chi connectivity index (χ3v) is 2.63. The Kier molecular flexibility index (Phi) is 1.28. The van der Waals surface area contributed by atoms with Crippen molar-refractivity contribution in [2.24, 2.45) is 4.99 Å². The number of likely N-dealkylation sites (N-methyl/N-ethyl adjacent to an activating group) is 1. The van der Waals surface area contributed by atoms with Crippen LogP contribution in [0.1, 0.15) is 25.7 Å². The first-order valence-corrected chi connectivity index (χ1v) is 4.07. The zero-order valence-electron chi connectivity index (χ0n) is 6.71. The van der Waals surface area contributed by atoms with Gasteiger partial charge < -0.3 is 4.90 Å². The second-order valence-corrected chi connectivity index (χ2v) is 3.40. The number of carbonyl (C=O) groups is 1. The predicted molar refractivity (Wildman–Crippen MR) is 42.5 cm³/mol. The van der Waals surface area contributed by atoms with Gasteiger partial charge >= 0.3 is 0 Å². The van der Waals surface area contributed by atoms with Crippen molar-refractivity contribution in [2.45, 2.75) is 31.2 Å². The molecule has 1 aliphatic heterocycles. The minimum Gasteiger partial charge on any atom is -0.304 e. The first kappa shape index (κ1) is 6.83. The molecule has 1 heterocycles. The fourth-order valence-electron chi connectivity index (χ4n) is 1.94. The second-order valence-electron chi connectivity index (χ2n) is 3.40. The average molecular weight is 152 g/mol. The summed E-state index contributed by atoms with van der Waals surface area (Å²) in [6.45, 7) is 0. The number of rotatable bonds is 0. The van der Waals surface area contributed by atoms with Crippen molar-refractivity contribution in [1.82, 2.24) is 4.90 Å². The van der Waals surface area contributed by atoms with Crippen molar-refractivity contribution in [2.75, 3.05) is 7.05 Å². The highest BCUT2D eigenvalue weighted by Gasteiger charge is 2.45. The van der Waals surface area contributed by atoms with Gasteiger partial charge in [-0.2, -0.15) is 0 Å². The number of nitrogens with zero attached hydrogens (tertiary/aromatic N) is 2. The largest absolute Gasteiger partial charge is 0.304 e. The van der Waals surface area contributed by atoms with E-state index < -0.39 is 0 Å². The fraction of sp³-hybridized carbons (Fsp3) is 0.750. The molecule has 0 radical (unpaired) electrons. The molecule has 3 nitrogen and oxygen atoms in total. The molecule has 1 spiro atoms. The van der Waals surface area contributed by atoms with Crippen molar-refractivity contribution in [3.8, 4) is 0 Å². The summed E-state index contributed by atoms with van der Waals surface area (Å²) in [6, 6.07) is 0. The molecule has 0 aromatic carbocycles. The maximum absolute atomic E-state index is 11.5. The first-order chi connectivity index (χ1) is 5.25. The van der Waals surface area contributed by atoms with E-state index >= 15 is 0 Å². The minimum absolute atomic E-state index is 0.190. The second kappa shape index (κ2) is 2.06. The quantitative estimate of drug-likeness (QED) is 0.505. The molecular weight excluding hydrogens is 140 g/mol. The number of amides is 1. The molecule has 1 fully saturated rings. The molecular formula is C8H12N2O. The highest BCUT2D eigenvalue weighted by molar-refractivity contribution is 5.99. The van der Waals surface area contributed by atoms with E-state index in [0.29, 0.717) is 0 Å². The third kappa shape index (κ3) is 0.800. The standard InChI is InChI=1S/C8H12N2O/c1-10-6-9-8(7(10)11)4-2-3-5-8/h6H,2-5H2,1H3. The smallest absolute Gasteiger partial charge is 0.255 e.